The van der Waals surface area contributed by atoms with Crippen LogP contribution in [0, 0.1) is 11.8 Å². The standard InChI is InChI=1S/C43H76N14O17/c1-5-21(4)33(57-34(65)22(45)16-30(46)60)41(72)51-24(11-12-31(61)62)36(67)56-28(18-58)39(70)50-23(9-6-7-13-44)35(66)55-29(19-59)40(71)54-27(17-32(63)64)38(69)53-26(15-20(2)3)37(68)52-25(42(73)74)10-8-14-49-43(47)48/h20-29,33,58-59H,5-19,44-45H2,1-4H3,(H2,46,60)(H,50,70)(H,51,72)(H,52,68)(H,53,69)(H,54,71)(H,55,66)(H,56,67)(H,57,65)(H,61,62)(H,63,64)(H,73,74)(H4,47,48,49)/t21-,22-,23-,24-,25-,26-,27-,28-,29-,33-/m0/s1. The first kappa shape index (κ1) is 66.8. The third-order valence-corrected chi connectivity index (χ3v) is 11.0. The quantitative estimate of drug-likeness (QED) is 0.0155. The van der Waals surface area contributed by atoms with E-state index < -0.39 is 170 Å². The van der Waals surface area contributed by atoms with Crippen molar-refractivity contribution in [2.75, 3.05) is 26.3 Å². The molecule has 0 aromatic carbocycles. The summed E-state index contributed by atoms with van der Waals surface area (Å²) in [6, 6.07) is -14.8. The van der Waals surface area contributed by atoms with Crippen LogP contribution in [0.5, 0.6) is 0 Å². The topological polar surface area (TPSA) is 545 Å². The van der Waals surface area contributed by atoms with Crippen LogP contribution in [0.25, 0.3) is 0 Å². The van der Waals surface area contributed by atoms with E-state index in [4.69, 9.17) is 28.7 Å². The van der Waals surface area contributed by atoms with Gasteiger partial charge in [0, 0.05) is 13.0 Å². The van der Waals surface area contributed by atoms with Crippen LogP contribution < -0.4 is 71.2 Å². The molecular formula is C43H76N14O17. The molecule has 0 saturated carbocycles. The predicted octanol–water partition coefficient (Wildman–Crippen LogP) is -7.25. The maximum absolute atomic E-state index is 13.7. The van der Waals surface area contributed by atoms with Crippen molar-refractivity contribution in [3.63, 3.8) is 0 Å². The SMILES string of the molecule is CC[C@H](C)[C@H](NC(=O)[C@@H](N)CC(N)=O)C(=O)N[C@@H](CCC(=O)O)C(=O)N[C@@H](CO)C(=O)N[C@@H](CCCCN)C(=O)N[C@@H](CO)C(=O)N[C@@H](CC(=O)O)C(=O)N[C@@H](CC(C)C)C(=O)N[C@@H](CCCN=C(N)N)C(=O)O. The van der Waals surface area contributed by atoms with Crippen LogP contribution in [0.15, 0.2) is 4.99 Å². The number of amides is 9. The molecule has 23 N–H and O–H groups in total. The van der Waals surface area contributed by atoms with Crippen molar-refractivity contribution in [3.05, 3.63) is 0 Å². The van der Waals surface area contributed by atoms with E-state index >= 15 is 0 Å². The number of carbonyl (C=O) groups excluding carboxylic acids is 9. The second-order valence-corrected chi connectivity index (χ2v) is 17.7. The molecular weight excluding hydrogens is 985 g/mol. The van der Waals surface area contributed by atoms with Gasteiger partial charge in [0.2, 0.25) is 53.2 Å². The highest BCUT2D eigenvalue weighted by atomic mass is 16.4. The molecule has 0 aliphatic rings. The number of guanidine groups is 1. The molecule has 0 spiro atoms. The zero-order chi connectivity index (χ0) is 56.8. The molecule has 0 fully saturated rings. The number of hydrogen-bond acceptors (Lipinski definition) is 17. The zero-order valence-electron chi connectivity index (χ0n) is 41.9. The van der Waals surface area contributed by atoms with Crippen LogP contribution in [-0.2, 0) is 57.5 Å². The van der Waals surface area contributed by atoms with Crippen LogP contribution in [0.3, 0.4) is 0 Å². The van der Waals surface area contributed by atoms with Crippen LogP contribution >= 0.6 is 0 Å². The maximum Gasteiger partial charge on any atom is 0.326 e. The van der Waals surface area contributed by atoms with Crippen LogP contribution in [-0.4, -0.2) is 183 Å². The molecule has 0 aromatic rings. The molecule has 9 amide bonds. The smallest absolute Gasteiger partial charge is 0.326 e. The fourth-order valence-corrected chi connectivity index (χ4v) is 6.70. The molecule has 10 atom stereocenters. The Labute approximate surface area is 426 Å². The number of aliphatic hydroxyl groups is 2. The number of nitrogens with one attached hydrogen (secondary N) is 8. The van der Waals surface area contributed by atoms with Gasteiger partial charge in [0.15, 0.2) is 5.96 Å². The third-order valence-electron chi connectivity index (χ3n) is 11.0. The van der Waals surface area contributed by atoms with Crippen LogP contribution in [0.4, 0.5) is 0 Å². The number of carboxylic acids is 3. The number of carbonyl (C=O) groups is 12. The van der Waals surface area contributed by atoms with Crippen molar-refractivity contribution < 1.29 is 83.1 Å². The van der Waals surface area contributed by atoms with Gasteiger partial charge in [-0.3, -0.25) is 57.7 Å². The lowest BCUT2D eigenvalue weighted by Gasteiger charge is -2.28. The summed E-state index contributed by atoms with van der Waals surface area (Å²) >= 11 is 0. The predicted molar refractivity (Wildman–Crippen MR) is 260 cm³/mol. The summed E-state index contributed by atoms with van der Waals surface area (Å²) in [6.45, 7) is 4.44. The van der Waals surface area contributed by atoms with Gasteiger partial charge in [0.05, 0.1) is 32.1 Å². The number of aliphatic hydroxyl groups excluding tert-OH is 2. The molecule has 0 heterocycles. The van der Waals surface area contributed by atoms with E-state index in [2.05, 4.69) is 47.5 Å². The van der Waals surface area contributed by atoms with E-state index in [9.17, 15) is 83.1 Å². The number of carboxylic acid groups (broad SMARTS) is 3. The molecule has 0 radical (unpaired) electrons. The van der Waals surface area contributed by atoms with Crippen molar-refractivity contribution in [1.82, 2.24) is 42.5 Å². The number of rotatable bonds is 38. The molecule has 0 rings (SSSR count). The Kier molecular flexibility index (Phi) is 31.6. The van der Waals surface area contributed by atoms with Gasteiger partial charge in [-0.1, -0.05) is 34.1 Å². The van der Waals surface area contributed by atoms with Crippen molar-refractivity contribution in [2.24, 2.45) is 45.5 Å². The van der Waals surface area contributed by atoms with Gasteiger partial charge in [-0.25, -0.2) is 4.79 Å². The normalized spacial score (nSPS) is 15.0. The number of primary amides is 1. The number of hydrogen-bond donors (Lipinski definition) is 18. The summed E-state index contributed by atoms with van der Waals surface area (Å²) in [7, 11) is 0. The minimum Gasteiger partial charge on any atom is -0.481 e. The van der Waals surface area contributed by atoms with Gasteiger partial charge in [-0.05, 0) is 63.3 Å². The number of aliphatic carboxylic acids is 3. The average molecular weight is 1060 g/mol. The number of unbranched alkanes of at least 4 members (excludes halogenated alkanes) is 1. The van der Waals surface area contributed by atoms with E-state index in [1.165, 1.54) is 0 Å². The largest absolute Gasteiger partial charge is 0.481 e. The second-order valence-electron chi connectivity index (χ2n) is 17.7. The van der Waals surface area contributed by atoms with Gasteiger partial charge in [-0.15, -0.1) is 0 Å². The summed E-state index contributed by atoms with van der Waals surface area (Å²) < 4.78 is 0. The molecule has 31 heteroatoms. The molecule has 0 aromatic heterocycles. The molecule has 31 nitrogen and oxygen atoms in total. The highest BCUT2D eigenvalue weighted by Crippen LogP contribution is 2.12. The van der Waals surface area contributed by atoms with Crippen LogP contribution in [0.2, 0.25) is 0 Å². The van der Waals surface area contributed by atoms with E-state index in [1.54, 1.807) is 27.7 Å². The number of nitrogens with zero attached hydrogens (tertiary/aromatic N) is 1. The molecule has 0 bridgehead atoms. The molecule has 0 saturated heterocycles. The Morgan fingerprint density at radius 2 is 0.959 bits per heavy atom. The van der Waals surface area contributed by atoms with Gasteiger partial charge in [0.25, 0.3) is 0 Å². The number of aliphatic imine (C=N–C) groups is 1. The monoisotopic (exact) mass is 1060 g/mol. The minimum absolute atomic E-state index is 0.0442. The Morgan fingerprint density at radius 3 is 1.42 bits per heavy atom. The van der Waals surface area contributed by atoms with Crippen molar-refractivity contribution in [2.45, 2.75) is 153 Å². The Morgan fingerprint density at radius 1 is 0.514 bits per heavy atom. The fraction of sp³-hybridized carbons (Fsp3) is 0.698. The van der Waals surface area contributed by atoms with Crippen LogP contribution in [0.1, 0.15) is 98.3 Å². The first-order chi connectivity index (χ1) is 34.6. The highest BCUT2D eigenvalue weighted by Gasteiger charge is 2.36. The van der Waals surface area contributed by atoms with Crippen molar-refractivity contribution >= 4 is 77.0 Å². The lowest BCUT2D eigenvalue weighted by molar-refractivity contribution is -0.143. The van der Waals surface area contributed by atoms with Crippen molar-refractivity contribution in [3.8, 4) is 0 Å². The summed E-state index contributed by atoms with van der Waals surface area (Å²) in [4.78, 5) is 158. The summed E-state index contributed by atoms with van der Waals surface area (Å²) in [5.41, 5.74) is 27.0. The Hall–Kier alpha value is -7.25. The van der Waals surface area contributed by atoms with E-state index in [-0.39, 0.29) is 57.1 Å². The summed E-state index contributed by atoms with van der Waals surface area (Å²) in [5, 5.41) is 67.2. The van der Waals surface area contributed by atoms with Gasteiger partial charge in [-0.2, -0.15) is 0 Å². The van der Waals surface area contributed by atoms with Gasteiger partial charge in [0.1, 0.15) is 48.3 Å². The highest BCUT2D eigenvalue weighted by molar-refractivity contribution is 5.99. The molecule has 0 unspecified atom stereocenters. The minimum atomic E-state index is -1.95. The lowest BCUT2D eigenvalue weighted by Crippen LogP contribution is -2.61. The number of nitrogens with two attached hydrogens (primary N) is 5. The van der Waals surface area contributed by atoms with E-state index in [1.807, 2.05) is 0 Å². The summed E-state index contributed by atoms with van der Waals surface area (Å²) in [6.07, 6.45) is -2.44. The van der Waals surface area contributed by atoms with Gasteiger partial charge >= 0.3 is 17.9 Å². The Bertz CT molecular complexity index is 1970. The molecule has 74 heavy (non-hydrogen) atoms. The second kappa shape index (κ2) is 35.0. The van der Waals surface area contributed by atoms with Gasteiger partial charge < -0.3 is 96.7 Å². The first-order valence-corrected chi connectivity index (χ1v) is 23.7. The Balaban J connectivity index is 6.43. The average Bonchev–Trinajstić information content (AvgIpc) is 3.31. The van der Waals surface area contributed by atoms with E-state index in [0.29, 0.717) is 12.8 Å². The van der Waals surface area contributed by atoms with Crippen molar-refractivity contribution in [1.29, 1.82) is 0 Å². The lowest BCUT2D eigenvalue weighted by atomic mass is 9.97. The molecule has 0 aliphatic carbocycles. The zero-order valence-corrected chi connectivity index (χ0v) is 41.9. The maximum atomic E-state index is 13.7. The summed E-state index contributed by atoms with van der Waals surface area (Å²) in [5.74, 6) is -15.4. The van der Waals surface area contributed by atoms with E-state index in [0.717, 1.165) is 0 Å². The molecule has 420 valence electrons. The molecule has 0 aliphatic heterocycles. The fourth-order valence-electron chi connectivity index (χ4n) is 6.70. The third kappa shape index (κ3) is 26.4. The first-order valence-electron chi connectivity index (χ1n) is 23.7.